The highest BCUT2D eigenvalue weighted by Gasteiger charge is 2.22. The Morgan fingerprint density at radius 2 is 2.26 bits per heavy atom. The van der Waals surface area contributed by atoms with Crippen LogP contribution in [0.25, 0.3) is 0 Å². The number of nitro groups is 1. The number of nitrogens with zero attached hydrogens (tertiary/aromatic N) is 1. The molecule has 0 aromatic heterocycles. The van der Waals surface area contributed by atoms with Crippen molar-refractivity contribution in [1.82, 2.24) is 0 Å². The molecule has 1 aromatic rings. The van der Waals surface area contributed by atoms with Gasteiger partial charge in [0.2, 0.25) is 5.91 Å². The minimum atomic E-state index is -0.510. The molecule has 19 heavy (non-hydrogen) atoms. The van der Waals surface area contributed by atoms with Crippen LogP contribution >= 0.6 is 0 Å². The molecule has 0 spiro atoms. The Morgan fingerprint density at radius 1 is 1.58 bits per heavy atom. The number of nitrogens with two attached hydrogens (primary N) is 1. The zero-order chi connectivity index (χ0) is 14.4. The van der Waals surface area contributed by atoms with E-state index in [1.807, 2.05) is 0 Å². The SMILES string of the molecule is CCOc1cccc(NC(C)CC(N)=O)c1[N+](=O)[O-]. The van der Waals surface area contributed by atoms with Crippen molar-refractivity contribution in [3.8, 4) is 5.75 Å². The predicted molar refractivity (Wildman–Crippen MR) is 71.2 cm³/mol. The van der Waals surface area contributed by atoms with Crippen LogP contribution in [0.15, 0.2) is 18.2 Å². The van der Waals surface area contributed by atoms with Gasteiger partial charge in [0.25, 0.3) is 0 Å². The van der Waals surface area contributed by atoms with Crippen molar-refractivity contribution in [2.45, 2.75) is 26.3 Å². The van der Waals surface area contributed by atoms with Gasteiger partial charge in [-0.05, 0) is 26.0 Å². The maximum Gasteiger partial charge on any atom is 0.333 e. The van der Waals surface area contributed by atoms with E-state index >= 15 is 0 Å². The molecule has 1 unspecified atom stereocenters. The number of hydrogen-bond acceptors (Lipinski definition) is 5. The maximum absolute atomic E-state index is 11.1. The molecule has 0 aliphatic heterocycles. The molecule has 3 N–H and O–H groups in total. The van der Waals surface area contributed by atoms with E-state index < -0.39 is 10.8 Å². The first-order valence-corrected chi connectivity index (χ1v) is 5.90. The Morgan fingerprint density at radius 3 is 2.79 bits per heavy atom. The summed E-state index contributed by atoms with van der Waals surface area (Å²) in [7, 11) is 0. The number of benzene rings is 1. The quantitative estimate of drug-likeness (QED) is 0.577. The number of anilines is 1. The van der Waals surface area contributed by atoms with Gasteiger partial charge in [0.05, 0.1) is 11.5 Å². The monoisotopic (exact) mass is 267 g/mol. The van der Waals surface area contributed by atoms with Gasteiger partial charge in [0, 0.05) is 12.5 Å². The first-order chi connectivity index (χ1) is 8.95. The average molecular weight is 267 g/mol. The highest BCUT2D eigenvalue weighted by molar-refractivity contribution is 5.75. The summed E-state index contributed by atoms with van der Waals surface area (Å²) in [6.07, 6.45) is 0.0933. The van der Waals surface area contributed by atoms with Gasteiger partial charge in [-0.2, -0.15) is 0 Å². The largest absolute Gasteiger partial charge is 0.487 e. The molecule has 0 fully saturated rings. The summed E-state index contributed by atoms with van der Waals surface area (Å²) in [6.45, 7) is 3.81. The Kier molecular flexibility index (Phi) is 5.11. The summed E-state index contributed by atoms with van der Waals surface area (Å²) in [5.41, 5.74) is 5.26. The van der Waals surface area contributed by atoms with Crippen LogP contribution in [0, 0.1) is 10.1 Å². The third kappa shape index (κ3) is 4.13. The molecule has 0 saturated heterocycles. The van der Waals surface area contributed by atoms with Crippen molar-refractivity contribution in [1.29, 1.82) is 0 Å². The van der Waals surface area contributed by atoms with E-state index in [-0.39, 0.29) is 23.9 Å². The number of nitro benzene ring substituents is 1. The number of ether oxygens (including phenoxy) is 1. The lowest BCUT2D eigenvalue weighted by Gasteiger charge is -2.15. The molecule has 1 atom stereocenters. The lowest BCUT2D eigenvalue weighted by molar-refractivity contribution is -0.385. The molecule has 0 bridgehead atoms. The third-order valence-corrected chi connectivity index (χ3v) is 2.39. The first kappa shape index (κ1) is 14.7. The molecule has 0 heterocycles. The number of nitrogens with one attached hydrogen (secondary N) is 1. The summed E-state index contributed by atoms with van der Waals surface area (Å²) in [5.74, 6) is -0.271. The summed E-state index contributed by atoms with van der Waals surface area (Å²) >= 11 is 0. The van der Waals surface area contributed by atoms with E-state index in [9.17, 15) is 14.9 Å². The van der Waals surface area contributed by atoms with E-state index in [4.69, 9.17) is 10.5 Å². The molecule has 1 rings (SSSR count). The predicted octanol–water partition coefficient (Wildman–Crippen LogP) is 1.67. The first-order valence-electron chi connectivity index (χ1n) is 5.90. The molecule has 0 aliphatic carbocycles. The minimum Gasteiger partial charge on any atom is -0.487 e. The van der Waals surface area contributed by atoms with E-state index in [1.165, 1.54) is 6.07 Å². The van der Waals surface area contributed by atoms with Crippen LogP contribution in [0.4, 0.5) is 11.4 Å². The Hall–Kier alpha value is -2.31. The van der Waals surface area contributed by atoms with Gasteiger partial charge in [-0.1, -0.05) is 6.07 Å². The van der Waals surface area contributed by atoms with Crippen LogP contribution < -0.4 is 15.8 Å². The fourth-order valence-electron chi connectivity index (χ4n) is 1.72. The average Bonchev–Trinajstić information content (AvgIpc) is 2.27. The van der Waals surface area contributed by atoms with Gasteiger partial charge >= 0.3 is 5.69 Å². The number of para-hydroxylation sites is 1. The summed E-state index contributed by atoms with van der Waals surface area (Å²) in [6, 6.07) is 4.45. The molecule has 0 aliphatic rings. The van der Waals surface area contributed by atoms with E-state index in [2.05, 4.69) is 5.32 Å². The van der Waals surface area contributed by atoms with Crippen LogP contribution in [-0.2, 0) is 4.79 Å². The second-order valence-electron chi connectivity index (χ2n) is 4.06. The Balaban J connectivity index is 3.02. The molecular formula is C12H17N3O4. The smallest absolute Gasteiger partial charge is 0.333 e. The highest BCUT2D eigenvalue weighted by atomic mass is 16.6. The van der Waals surface area contributed by atoms with Crippen molar-refractivity contribution < 1.29 is 14.5 Å². The van der Waals surface area contributed by atoms with Crippen molar-refractivity contribution in [2.75, 3.05) is 11.9 Å². The zero-order valence-electron chi connectivity index (χ0n) is 10.9. The normalized spacial score (nSPS) is 11.7. The van der Waals surface area contributed by atoms with Gasteiger partial charge in [-0.3, -0.25) is 14.9 Å². The molecular weight excluding hydrogens is 250 g/mol. The summed E-state index contributed by atoms with van der Waals surface area (Å²) in [5, 5.41) is 14.0. The Bertz CT molecular complexity index is 476. The summed E-state index contributed by atoms with van der Waals surface area (Å²) in [4.78, 5) is 21.4. The van der Waals surface area contributed by atoms with Crippen molar-refractivity contribution >= 4 is 17.3 Å². The van der Waals surface area contributed by atoms with E-state index in [0.717, 1.165) is 0 Å². The molecule has 104 valence electrons. The van der Waals surface area contributed by atoms with Gasteiger partial charge in [-0.25, -0.2) is 0 Å². The van der Waals surface area contributed by atoms with Crippen LogP contribution in [0.1, 0.15) is 20.3 Å². The van der Waals surface area contributed by atoms with Gasteiger partial charge in [0.15, 0.2) is 5.75 Å². The van der Waals surface area contributed by atoms with Gasteiger partial charge in [-0.15, -0.1) is 0 Å². The fourth-order valence-corrected chi connectivity index (χ4v) is 1.72. The lowest BCUT2D eigenvalue weighted by Crippen LogP contribution is -2.24. The molecule has 0 saturated carbocycles. The number of rotatable bonds is 7. The van der Waals surface area contributed by atoms with E-state index in [1.54, 1.807) is 26.0 Å². The van der Waals surface area contributed by atoms with Crippen LogP contribution in [0.5, 0.6) is 5.75 Å². The third-order valence-electron chi connectivity index (χ3n) is 2.39. The highest BCUT2D eigenvalue weighted by Crippen LogP contribution is 2.35. The van der Waals surface area contributed by atoms with Gasteiger partial charge in [0.1, 0.15) is 5.69 Å². The number of carbonyl (C=O) groups excluding carboxylic acids is 1. The molecule has 1 aromatic carbocycles. The zero-order valence-corrected chi connectivity index (χ0v) is 10.9. The number of primary amides is 1. The fraction of sp³-hybridized carbons (Fsp3) is 0.417. The van der Waals surface area contributed by atoms with Crippen LogP contribution in [0.2, 0.25) is 0 Å². The van der Waals surface area contributed by atoms with Crippen LogP contribution in [-0.4, -0.2) is 23.5 Å². The van der Waals surface area contributed by atoms with Crippen LogP contribution in [0.3, 0.4) is 0 Å². The standard InChI is InChI=1S/C12H17N3O4/c1-3-19-10-6-4-5-9(12(10)15(17)18)14-8(2)7-11(13)16/h4-6,8,14H,3,7H2,1-2H3,(H2,13,16). The summed E-state index contributed by atoms with van der Waals surface area (Å²) < 4.78 is 5.23. The molecule has 7 nitrogen and oxygen atoms in total. The molecule has 7 heteroatoms. The molecule has 1 amide bonds. The second-order valence-corrected chi connectivity index (χ2v) is 4.06. The molecule has 0 radical (unpaired) electrons. The second kappa shape index (κ2) is 6.58. The van der Waals surface area contributed by atoms with Crippen molar-refractivity contribution in [3.05, 3.63) is 28.3 Å². The van der Waals surface area contributed by atoms with E-state index in [0.29, 0.717) is 12.3 Å². The number of hydrogen-bond donors (Lipinski definition) is 2. The van der Waals surface area contributed by atoms with Gasteiger partial charge < -0.3 is 15.8 Å². The van der Waals surface area contributed by atoms with Crippen molar-refractivity contribution in [2.24, 2.45) is 5.73 Å². The number of carbonyl (C=O) groups is 1. The number of amides is 1. The minimum absolute atomic E-state index is 0.0933. The Labute approximate surface area is 110 Å². The maximum atomic E-state index is 11.1. The van der Waals surface area contributed by atoms with Crippen molar-refractivity contribution in [3.63, 3.8) is 0 Å². The lowest BCUT2D eigenvalue weighted by atomic mass is 10.2. The topological polar surface area (TPSA) is 107 Å².